The third-order valence-electron chi connectivity index (χ3n) is 3.14. The molecule has 2 heterocycles. The highest BCUT2D eigenvalue weighted by atomic mass is 16.3. The Kier molecular flexibility index (Phi) is 3.38. The molecule has 15 heavy (non-hydrogen) atoms. The number of nitrogens with zero attached hydrogens (tertiary/aromatic N) is 2. The van der Waals surface area contributed by atoms with Gasteiger partial charge in [-0.1, -0.05) is 6.42 Å². The third-order valence-corrected chi connectivity index (χ3v) is 3.14. The van der Waals surface area contributed by atoms with Crippen LogP contribution >= 0.6 is 0 Å². The number of piperidine rings is 1. The van der Waals surface area contributed by atoms with Gasteiger partial charge < -0.3 is 15.1 Å². The summed E-state index contributed by atoms with van der Waals surface area (Å²) in [5.41, 5.74) is 6.34. The smallest absolute Gasteiger partial charge is 0.195 e. The first-order valence-electron chi connectivity index (χ1n) is 5.63. The summed E-state index contributed by atoms with van der Waals surface area (Å²) in [5.74, 6) is 0.828. The SMILES string of the molecule is CN1CCCCC1Cc1nc(CN)co1. The largest absolute Gasteiger partial charge is 0.449 e. The summed E-state index contributed by atoms with van der Waals surface area (Å²) < 4.78 is 5.39. The molecular formula is C11H19N3O. The molecule has 1 atom stereocenters. The fourth-order valence-corrected chi connectivity index (χ4v) is 2.14. The summed E-state index contributed by atoms with van der Waals surface area (Å²) in [5, 5.41) is 0. The van der Waals surface area contributed by atoms with Crippen LogP contribution < -0.4 is 5.73 Å². The number of likely N-dealkylation sites (N-methyl/N-ethyl adjacent to an activating group) is 1. The van der Waals surface area contributed by atoms with Crippen molar-refractivity contribution in [1.82, 2.24) is 9.88 Å². The van der Waals surface area contributed by atoms with Crippen LogP contribution in [0, 0.1) is 0 Å². The topological polar surface area (TPSA) is 55.3 Å². The van der Waals surface area contributed by atoms with Crippen LogP contribution in [0.1, 0.15) is 30.8 Å². The van der Waals surface area contributed by atoms with E-state index in [4.69, 9.17) is 10.2 Å². The average Bonchev–Trinajstić information content (AvgIpc) is 2.69. The Labute approximate surface area is 90.5 Å². The van der Waals surface area contributed by atoms with Crippen LogP contribution in [-0.4, -0.2) is 29.5 Å². The molecule has 0 saturated carbocycles. The fraction of sp³-hybridized carbons (Fsp3) is 0.727. The average molecular weight is 209 g/mol. The molecule has 0 spiro atoms. The van der Waals surface area contributed by atoms with Gasteiger partial charge in [-0.3, -0.25) is 0 Å². The first-order valence-corrected chi connectivity index (χ1v) is 5.63. The van der Waals surface area contributed by atoms with Crippen LogP contribution in [0.5, 0.6) is 0 Å². The molecule has 1 unspecified atom stereocenters. The molecule has 2 N–H and O–H groups in total. The van der Waals surface area contributed by atoms with Crippen molar-refractivity contribution in [2.45, 2.75) is 38.3 Å². The van der Waals surface area contributed by atoms with Crippen LogP contribution in [0.3, 0.4) is 0 Å². The van der Waals surface area contributed by atoms with Gasteiger partial charge in [0.25, 0.3) is 0 Å². The van der Waals surface area contributed by atoms with Crippen molar-refractivity contribution < 1.29 is 4.42 Å². The second kappa shape index (κ2) is 4.77. The first-order chi connectivity index (χ1) is 7.29. The van der Waals surface area contributed by atoms with Gasteiger partial charge in [0.1, 0.15) is 6.26 Å². The highest BCUT2D eigenvalue weighted by Gasteiger charge is 2.20. The normalized spacial score (nSPS) is 23.2. The van der Waals surface area contributed by atoms with Crippen LogP contribution in [0.2, 0.25) is 0 Å². The van der Waals surface area contributed by atoms with Crippen molar-refractivity contribution in [3.8, 4) is 0 Å². The third kappa shape index (κ3) is 2.58. The van der Waals surface area contributed by atoms with Crippen molar-refractivity contribution >= 4 is 0 Å². The van der Waals surface area contributed by atoms with E-state index in [1.54, 1.807) is 6.26 Å². The van der Waals surface area contributed by atoms with Crippen LogP contribution in [0.15, 0.2) is 10.7 Å². The Morgan fingerprint density at radius 2 is 2.47 bits per heavy atom. The van der Waals surface area contributed by atoms with Gasteiger partial charge >= 0.3 is 0 Å². The Morgan fingerprint density at radius 1 is 1.60 bits per heavy atom. The molecule has 0 aliphatic carbocycles. The molecule has 1 aliphatic heterocycles. The Hall–Kier alpha value is -0.870. The van der Waals surface area contributed by atoms with Gasteiger partial charge in [-0.15, -0.1) is 0 Å². The number of hydrogen-bond acceptors (Lipinski definition) is 4. The molecule has 4 nitrogen and oxygen atoms in total. The summed E-state index contributed by atoms with van der Waals surface area (Å²) in [6.45, 7) is 1.65. The van der Waals surface area contributed by atoms with E-state index >= 15 is 0 Å². The monoisotopic (exact) mass is 209 g/mol. The number of aromatic nitrogens is 1. The van der Waals surface area contributed by atoms with Gasteiger partial charge in [0.2, 0.25) is 0 Å². The molecule has 0 bridgehead atoms. The molecule has 0 radical (unpaired) electrons. The number of hydrogen-bond donors (Lipinski definition) is 1. The zero-order chi connectivity index (χ0) is 10.7. The van der Waals surface area contributed by atoms with E-state index in [9.17, 15) is 0 Å². The fourth-order valence-electron chi connectivity index (χ4n) is 2.14. The molecule has 84 valence electrons. The highest BCUT2D eigenvalue weighted by Crippen LogP contribution is 2.18. The zero-order valence-electron chi connectivity index (χ0n) is 9.28. The second-order valence-corrected chi connectivity index (χ2v) is 4.27. The van der Waals surface area contributed by atoms with Crippen molar-refractivity contribution in [3.05, 3.63) is 17.8 Å². The molecule has 0 amide bonds. The van der Waals surface area contributed by atoms with Gasteiger partial charge in [-0.25, -0.2) is 4.98 Å². The van der Waals surface area contributed by atoms with E-state index in [1.807, 2.05) is 0 Å². The molecule has 1 fully saturated rings. The summed E-state index contributed by atoms with van der Waals surface area (Å²) in [6, 6.07) is 0.586. The van der Waals surface area contributed by atoms with E-state index in [0.717, 1.165) is 18.0 Å². The van der Waals surface area contributed by atoms with E-state index in [-0.39, 0.29) is 0 Å². The Balaban J connectivity index is 1.95. The number of nitrogens with two attached hydrogens (primary N) is 1. The lowest BCUT2D eigenvalue weighted by Crippen LogP contribution is -2.37. The predicted octanol–water partition coefficient (Wildman–Crippen LogP) is 1.16. The van der Waals surface area contributed by atoms with Crippen LogP contribution in [-0.2, 0) is 13.0 Å². The molecule has 1 aliphatic rings. The zero-order valence-corrected chi connectivity index (χ0v) is 9.28. The lowest BCUT2D eigenvalue weighted by molar-refractivity contribution is 0.177. The maximum atomic E-state index is 5.49. The number of likely N-dealkylation sites (tertiary alicyclic amines) is 1. The van der Waals surface area contributed by atoms with Gasteiger partial charge in [0.15, 0.2) is 5.89 Å². The maximum absolute atomic E-state index is 5.49. The lowest BCUT2D eigenvalue weighted by atomic mass is 10.0. The van der Waals surface area contributed by atoms with Crippen molar-refractivity contribution in [3.63, 3.8) is 0 Å². The predicted molar refractivity (Wildman–Crippen MR) is 58.4 cm³/mol. The van der Waals surface area contributed by atoms with Crippen LogP contribution in [0.4, 0.5) is 0 Å². The van der Waals surface area contributed by atoms with E-state index in [1.165, 1.54) is 25.8 Å². The van der Waals surface area contributed by atoms with Gasteiger partial charge in [-0.05, 0) is 26.4 Å². The summed E-state index contributed by atoms with van der Waals surface area (Å²) in [7, 11) is 2.18. The number of oxazole rings is 1. The minimum atomic E-state index is 0.462. The van der Waals surface area contributed by atoms with Gasteiger partial charge in [0.05, 0.1) is 5.69 Å². The molecule has 0 aromatic carbocycles. The molecule has 1 aromatic heterocycles. The maximum Gasteiger partial charge on any atom is 0.195 e. The highest BCUT2D eigenvalue weighted by molar-refractivity contribution is 4.97. The second-order valence-electron chi connectivity index (χ2n) is 4.27. The summed E-state index contributed by atoms with van der Waals surface area (Å²) in [6.07, 6.45) is 6.46. The number of rotatable bonds is 3. The summed E-state index contributed by atoms with van der Waals surface area (Å²) in [4.78, 5) is 6.74. The van der Waals surface area contributed by atoms with Crippen molar-refractivity contribution in [1.29, 1.82) is 0 Å². The lowest BCUT2D eigenvalue weighted by Gasteiger charge is -2.31. The van der Waals surface area contributed by atoms with Crippen LogP contribution in [0.25, 0.3) is 0 Å². The van der Waals surface area contributed by atoms with Gasteiger partial charge in [0, 0.05) is 19.0 Å². The van der Waals surface area contributed by atoms with Crippen molar-refractivity contribution in [2.75, 3.05) is 13.6 Å². The first kappa shape index (κ1) is 10.6. The molecule has 1 saturated heterocycles. The Morgan fingerprint density at radius 3 is 3.13 bits per heavy atom. The van der Waals surface area contributed by atoms with E-state index in [2.05, 4.69) is 16.9 Å². The molecular weight excluding hydrogens is 190 g/mol. The summed E-state index contributed by atoms with van der Waals surface area (Å²) >= 11 is 0. The minimum Gasteiger partial charge on any atom is -0.449 e. The van der Waals surface area contributed by atoms with E-state index < -0.39 is 0 Å². The molecule has 4 heteroatoms. The standard InChI is InChI=1S/C11H19N3O/c1-14-5-3-2-4-10(14)6-11-13-9(7-12)8-15-11/h8,10H,2-7,12H2,1H3. The quantitative estimate of drug-likeness (QED) is 0.811. The Bertz CT molecular complexity index is 311. The van der Waals surface area contributed by atoms with E-state index in [0.29, 0.717) is 12.6 Å². The minimum absolute atomic E-state index is 0.462. The van der Waals surface area contributed by atoms with Gasteiger partial charge in [-0.2, -0.15) is 0 Å². The molecule has 2 rings (SSSR count). The van der Waals surface area contributed by atoms with Crippen molar-refractivity contribution in [2.24, 2.45) is 5.73 Å². The molecule has 1 aromatic rings.